The number of hydrogen-bond acceptors (Lipinski definition) is 5. The van der Waals surface area contributed by atoms with Crippen molar-refractivity contribution in [3.8, 4) is 11.5 Å². The number of anilines is 1. The molecule has 33 heavy (non-hydrogen) atoms. The number of hydrogen-bond donors (Lipinski definition) is 1. The summed E-state index contributed by atoms with van der Waals surface area (Å²) in [4.78, 5) is 12.2. The lowest BCUT2D eigenvalue weighted by Gasteiger charge is -2.22. The molecule has 176 valence electrons. The number of ether oxygens (including phenoxy) is 2. The maximum atomic E-state index is 12.2. The fourth-order valence-electron chi connectivity index (χ4n) is 3.51. The molecule has 0 aromatic heterocycles. The lowest BCUT2D eigenvalue weighted by atomic mass is 10.1. The van der Waals surface area contributed by atoms with Gasteiger partial charge in [-0.25, -0.2) is 8.42 Å². The maximum absolute atomic E-state index is 12.2. The molecule has 3 aromatic carbocycles. The van der Waals surface area contributed by atoms with E-state index in [1.807, 2.05) is 49.4 Å². The topological polar surface area (TPSA) is 84.9 Å². The molecule has 0 aliphatic carbocycles. The Morgan fingerprint density at radius 3 is 2.42 bits per heavy atom. The van der Waals surface area contributed by atoms with Crippen LogP contribution in [0.4, 0.5) is 5.69 Å². The zero-order chi connectivity index (χ0) is 23.7. The summed E-state index contributed by atoms with van der Waals surface area (Å²) < 4.78 is 37.0. The molecule has 0 radical (unpaired) electrons. The molecule has 0 saturated heterocycles. The number of benzene rings is 3. The van der Waals surface area contributed by atoms with E-state index in [1.54, 1.807) is 24.3 Å². The number of carbonyl (C=O) groups excluding carboxylic acids is 1. The van der Waals surface area contributed by atoms with Gasteiger partial charge in [-0.1, -0.05) is 36.4 Å². The van der Waals surface area contributed by atoms with Crippen LogP contribution in [0.15, 0.2) is 66.7 Å². The van der Waals surface area contributed by atoms with Crippen molar-refractivity contribution in [3.63, 3.8) is 0 Å². The van der Waals surface area contributed by atoms with Crippen LogP contribution in [0.3, 0.4) is 0 Å². The SMILES string of the molecule is CCOc1ccc(N(CCCC(=O)NCCOc2cccc3ccccc23)S(C)(=O)=O)cc1. The molecular weight excluding hydrogens is 440 g/mol. The van der Waals surface area contributed by atoms with Gasteiger partial charge in [0, 0.05) is 18.4 Å². The lowest BCUT2D eigenvalue weighted by molar-refractivity contribution is -0.121. The van der Waals surface area contributed by atoms with Gasteiger partial charge in [-0.3, -0.25) is 9.10 Å². The van der Waals surface area contributed by atoms with Crippen molar-refractivity contribution >= 4 is 32.4 Å². The van der Waals surface area contributed by atoms with E-state index in [0.717, 1.165) is 22.8 Å². The van der Waals surface area contributed by atoms with Crippen molar-refractivity contribution < 1.29 is 22.7 Å². The minimum Gasteiger partial charge on any atom is -0.494 e. The standard InChI is InChI=1S/C25H30N2O5S/c1-3-31-22-15-13-21(14-16-22)27(33(2,29)30)18-7-12-25(28)26-17-19-32-24-11-6-9-20-8-4-5-10-23(20)24/h4-6,8-11,13-16H,3,7,12,17-19H2,1-2H3,(H,26,28). The van der Waals surface area contributed by atoms with Gasteiger partial charge in [0.2, 0.25) is 15.9 Å². The van der Waals surface area contributed by atoms with E-state index in [9.17, 15) is 13.2 Å². The van der Waals surface area contributed by atoms with Crippen LogP contribution in [0.2, 0.25) is 0 Å². The summed E-state index contributed by atoms with van der Waals surface area (Å²) >= 11 is 0. The average Bonchev–Trinajstić information content (AvgIpc) is 2.80. The first-order valence-electron chi connectivity index (χ1n) is 11.0. The molecule has 0 spiro atoms. The van der Waals surface area contributed by atoms with Gasteiger partial charge in [0.15, 0.2) is 0 Å². The highest BCUT2D eigenvalue weighted by atomic mass is 32.2. The molecule has 1 amide bonds. The second-order valence-electron chi connectivity index (χ2n) is 7.54. The zero-order valence-corrected chi connectivity index (χ0v) is 19.8. The van der Waals surface area contributed by atoms with Crippen LogP contribution in [-0.4, -0.2) is 46.9 Å². The molecule has 7 nitrogen and oxygen atoms in total. The molecule has 0 aliphatic heterocycles. The highest BCUT2D eigenvalue weighted by Crippen LogP contribution is 2.25. The number of fused-ring (bicyclic) bond motifs is 1. The Morgan fingerprint density at radius 1 is 0.970 bits per heavy atom. The van der Waals surface area contributed by atoms with Crippen molar-refractivity contribution in [1.82, 2.24) is 5.32 Å². The van der Waals surface area contributed by atoms with Crippen molar-refractivity contribution in [3.05, 3.63) is 66.7 Å². The van der Waals surface area contributed by atoms with Crippen molar-refractivity contribution in [1.29, 1.82) is 0 Å². The highest BCUT2D eigenvalue weighted by Gasteiger charge is 2.17. The number of amides is 1. The minimum absolute atomic E-state index is 0.142. The monoisotopic (exact) mass is 470 g/mol. The Kier molecular flexibility index (Phi) is 8.54. The Balaban J connectivity index is 1.44. The molecule has 0 unspecified atom stereocenters. The van der Waals surface area contributed by atoms with Crippen molar-refractivity contribution in [2.75, 3.05) is 36.9 Å². The average molecular weight is 471 g/mol. The van der Waals surface area contributed by atoms with Crippen LogP contribution >= 0.6 is 0 Å². The van der Waals surface area contributed by atoms with E-state index < -0.39 is 10.0 Å². The van der Waals surface area contributed by atoms with Crippen LogP contribution in [0.5, 0.6) is 11.5 Å². The summed E-state index contributed by atoms with van der Waals surface area (Å²) in [6.45, 7) is 3.36. The van der Waals surface area contributed by atoms with Crippen LogP contribution in [0, 0.1) is 0 Å². The Morgan fingerprint density at radius 2 is 1.70 bits per heavy atom. The third kappa shape index (κ3) is 7.12. The molecule has 0 saturated carbocycles. The molecular formula is C25H30N2O5S. The molecule has 3 aromatic rings. The normalized spacial score (nSPS) is 11.2. The number of rotatable bonds is 12. The van der Waals surface area contributed by atoms with E-state index in [0.29, 0.717) is 37.6 Å². The Bertz CT molecular complexity index is 1160. The third-order valence-electron chi connectivity index (χ3n) is 5.03. The summed E-state index contributed by atoms with van der Waals surface area (Å²) in [5, 5.41) is 4.95. The van der Waals surface area contributed by atoms with E-state index in [2.05, 4.69) is 5.32 Å². The predicted octanol–water partition coefficient (Wildman–Crippen LogP) is 3.98. The molecule has 0 fully saturated rings. The van der Waals surface area contributed by atoms with Gasteiger partial charge in [-0.2, -0.15) is 0 Å². The van der Waals surface area contributed by atoms with Crippen LogP contribution in [0.25, 0.3) is 10.8 Å². The first-order chi connectivity index (χ1) is 15.9. The smallest absolute Gasteiger partial charge is 0.232 e. The van der Waals surface area contributed by atoms with Gasteiger partial charge in [-0.15, -0.1) is 0 Å². The molecule has 0 bridgehead atoms. The minimum atomic E-state index is -3.47. The van der Waals surface area contributed by atoms with Gasteiger partial charge in [-0.05, 0) is 49.1 Å². The largest absolute Gasteiger partial charge is 0.494 e. The number of nitrogens with one attached hydrogen (secondary N) is 1. The maximum Gasteiger partial charge on any atom is 0.232 e. The van der Waals surface area contributed by atoms with E-state index >= 15 is 0 Å². The molecule has 8 heteroatoms. The van der Waals surface area contributed by atoms with Gasteiger partial charge in [0.1, 0.15) is 18.1 Å². The molecule has 1 N–H and O–H groups in total. The summed E-state index contributed by atoms with van der Waals surface area (Å²) in [5.74, 6) is 1.32. The Hall–Kier alpha value is -3.26. The van der Waals surface area contributed by atoms with Gasteiger partial charge in [0.25, 0.3) is 0 Å². The zero-order valence-electron chi connectivity index (χ0n) is 19.0. The first-order valence-corrected chi connectivity index (χ1v) is 12.8. The second kappa shape index (κ2) is 11.6. The van der Waals surface area contributed by atoms with Gasteiger partial charge >= 0.3 is 0 Å². The highest BCUT2D eigenvalue weighted by molar-refractivity contribution is 7.92. The van der Waals surface area contributed by atoms with E-state index in [4.69, 9.17) is 9.47 Å². The fourth-order valence-corrected chi connectivity index (χ4v) is 4.47. The second-order valence-corrected chi connectivity index (χ2v) is 9.45. The van der Waals surface area contributed by atoms with Gasteiger partial charge < -0.3 is 14.8 Å². The molecule has 0 heterocycles. The number of sulfonamides is 1. The van der Waals surface area contributed by atoms with Crippen LogP contribution < -0.4 is 19.1 Å². The molecule has 0 aliphatic rings. The predicted molar refractivity (Wildman–Crippen MR) is 131 cm³/mol. The molecule has 0 atom stereocenters. The Labute approximate surface area is 195 Å². The molecule has 3 rings (SSSR count). The van der Waals surface area contributed by atoms with E-state index in [1.165, 1.54) is 4.31 Å². The number of carbonyl (C=O) groups is 1. The summed E-state index contributed by atoms with van der Waals surface area (Å²) in [5.41, 5.74) is 0.546. The van der Waals surface area contributed by atoms with Crippen molar-refractivity contribution in [2.45, 2.75) is 19.8 Å². The third-order valence-corrected chi connectivity index (χ3v) is 6.23. The van der Waals surface area contributed by atoms with Gasteiger partial charge in [0.05, 0.1) is 25.1 Å². The first kappa shape index (κ1) is 24.4. The van der Waals surface area contributed by atoms with E-state index in [-0.39, 0.29) is 18.9 Å². The fraction of sp³-hybridized carbons (Fsp3) is 0.320. The summed E-state index contributed by atoms with van der Waals surface area (Å²) in [7, 11) is -3.47. The quantitative estimate of drug-likeness (QED) is 0.405. The number of nitrogens with zero attached hydrogens (tertiary/aromatic N) is 1. The summed E-state index contributed by atoms with van der Waals surface area (Å²) in [6.07, 6.45) is 1.78. The summed E-state index contributed by atoms with van der Waals surface area (Å²) in [6, 6.07) is 20.7. The van der Waals surface area contributed by atoms with Crippen LogP contribution in [-0.2, 0) is 14.8 Å². The lowest BCUT2D eigenvalue weighted by Crippen LogP contribution is -2.32. The van der Waals surface area contributed by atoms with Crippen LogP contribution in [0.1, 0.15) is 19.8 Å². The van der Waals surface area contributed by atoms with Crippen molar-refractivity contribution in [2.24, 2.45) is 0 Å².